The molecule has 1 heterocycles. The van der Waals surface area contributed by atoms with Crippen molar-refractivity contribution in [1.82, 2.24) is 10.2 Å². The van der Waals surface area contributed by atoms with Gasteiger partial charge >= 0.3 is 6.36 Å². The Kier molecular flexibility index (Phi) is 7.64. The topological polar surface area (TPSA) is 24.5 Å². The van der Waals surface area contributed by atoms with Crippen LogP contribution in [0.25, 0.3) is 0 Å². The van der Waals surface area contributed by atoms with Gasteiger partial charge in [-0.2, -0.15) is 0 Å². The van der Waals surface area contributed by atoms with Crippen LogP contribution in [0.15, 0.2) is 24.3 Å². The molecule has 1 aromatic carbocycles. The second-order valence-electron chi connectivity index (χ2n) is 6.05. The number of halogens is 4. The summed E-state index contributed by atoms with van der Waals surface area (Å²) in [6.45, 7) is 7.89. The van der Waals surface area contributed by atoms with Crippen molar-refractivity contribution >= 4 is 12.4 Å². The third kappa shape index (κ3) is 6.57. The standard InChI is InChI=1S/C16H23F3N2O.ClH/c1-12(2)10-15(21-8-6-20-7-9-21)13-4-3-5-14(11-13)22-16(17,18)19;/h3-5,11-12,15,20H,6-10H2,1-2H3;1H/t15-;/m0./s1. The second kappa shape index (κ2) is 8.76. The predicted molar refractivity (Wildman–Crippen MR) is 87.0 cm³/mol. The summed E-state index contributed by atoms with van der Waals surface area (Å²) < 4.78 is 41.2. The highest BCUT2D eigenvalue weighted by Crippen LogP contribution is 2.31. The van der Waals surface area contributed by atoms with E-state index in [1.807, 2.05) is 6.07 Å². The van der Waals surface area contributed by atoms with Crippen LogP contribution < -0.4 is 10.1 Å². The largest absolute Gasteiger partial charge is 0.573 e. The van der Waals surface area contributed by atoms with Crippen LogP contribution >= 0.6 is 12.4 Å². The molecule has 7 heteroatoms. The molecule has 1 saturated heterocycles. The van der Waals surface area contributed by atoms with Gasteiger partial charge in [0, 0.05) is 32.2 Å². The smallest absolute Gasteiger partial charge is 0.406 e. The summed E-state index contributed by atoms with van der Waals surface area (Å²) in [6, 6.07) is 6.51. The molecule has 1 aliphatic rings. The number of nitrogens with zero attached hydrogens (tertiary/aromatic N) is 1. The lowest BCUT2D eigenvalue weighted by Crippen LogP contribution is -2.45. The number of hydrogen-bond acceptors (Lipinski definition) is 3. The summed E-state index contributed by atoms with van der Waals surface area (Å²) in [5, 5.41) is 3.30. The van der Waals surface area contributed by atoms with Crippen molar-refractivity contribution < 1.29 is 17.9 Å². The van der Waals surface area contributed by atoms with Crippen molar-refractivity contribution in [2.45, 2.75) is 32.7 Å². The molecule has 1 aliphatic heterocycles. The van der Waals surface area contributed by atoms with Crippen LogP contribution in [0.1, 0.15) is 31.9 Å². The zero-order valence-corrected chi connectivity index (χ0v) is 14.2. The molecule has 1 aromatic rings. The zero-order chi connectivity index (χ0) is 16.2. The first-order chi connectivity index (χ1) is 10.3. The maximum Gasteiger partial charge on any atom is 0.573 e. The molecule has 1 N–H and O–H groups in total. The summed E-state index contributed by atoms with van der Waals surface area (Å²) in [6.07, 6.45) is -3.74. The van der Waals surface area contributed by atoms with E-state index in [4.69, 9.17) is 0 Å². The highest BCUT2D eigenvalue weighted by atomic mass is 35.5. The van der Waals surface area contributed by atoms with Crippen LogP contribution in [0.4, 0.5) is 13.2 Å². The van der Waals surface area contributed by atoms with Crippen LogP contribution in [0.2, 0.25) is 0 Å². The number of ether oxygens (including phenoxy) is 1. The number of nitrogens with one attached hydrogen (secondary N) is 1. The lowest BCUT2D eigenvalue weighted by molar-refractivity contribution is -0.274. The van der Waals surface area contributed by atoms with Crippen molar-refractivity contribution in [1.29, 1.82) is 0 Å². The van der Waals surface area contributed by atoms with E-state index in [9.17, 15) is 13.2 Å². The van der Waals surface area contributed by atoms with Gasteiger partial charge in [0.15, 0.2) is 0 Å². The Morgan fingerprint density at radius 3 is 2.43 bits per heavy atom. The van der Waals surface area contributed by atoms with Gasteiger partial charge in [-0.1, -0.05) is 26.0 Å². The normalized spacial score (nSPS) is 17.7. The van der Waals surface area contributed by atoms with Crippen LogP contribution in [0.5, 0.6) is 5.75 Å². The molecule has 0 aromatic heterocycles. The first-order valence-corrected chi connectivity index (χ1v) is 7.65. The molecule has 132 valence electrons. The predicted octanol–water partition coefficient (Wildman–Crippen LogP) is 4.00. The average molecular weight is 353 g/mol. The fourth-order valence-electron chi connectivity index (χ4n) is 2.86. The first kappa shape index (κ1) is 20.1. The van der Waals surface area contributed by atoms with E-state index in [1.165, 1.54) is 12.1 Å². The van der Waals surface area contributed by atoms with E-state index >= 15 is 0 Å². The van der Waals surface area contributed by atoms with Crippen LogP contribution in [0, 0.1) is 5.92 Å². The molecular formula is C16H24ClF3N2O. The lowest BCUT2D eigenvalue weighted by Gasteiger charge is -2.36. The van der Waals surface area contributed by atoms with Gasteiger partial charge < -0.3 is 10.1 Å². The molecule has 0 spiro atoms. The molecule has 1 fully saturated rings. The van der Waals surface area contributed by atoms with Crippen molar-refractivity contribution in [2.75, 3.05) is 26.2 Å². The Morgan fingerprint density at radius 1 is 1.22 bits per heavy atom. The second-order valence-corrected chi connectivity index (χ2v) is 6.05. The summed E-state index contributed by atoms with van der Waals surface area (Å²) in [5.41, 5.74) is 0.886. The van der Waals surface area contributed by atoms with E-state index in [0.717, 1.165) is 38.2 Å². The molecule has 0 amide bonds. The minimum Gasteiger partial charge on any atom is -0.406 e. The van der Waals surface area contributed by atoms with Crippen molar-refractivity contribution in [3.8, 4) is 5.75 Å². The highest BCUT2D eigenvalue weighted by Gasteiger charge is 2.31. The third-order valence-corrected chi connectivity index (χ3v) is 3.76. The van der Waals surface area contributed by atoms with Crippen LogP contribution in [-0.2, 0) is 0 Å². The van der Waals surface area contributed by atoms with Crippen molar-refractivity contribution in [3.63, 3.8) is 0 Å². The Balaban J connectivity index is 0.00000264. The van der Waals surface area contributed by atoms with Gasteiger partial charge in [-0.05, 0) is 30.0 Å². The minimum atomic E-state index is -4.65. The molecule has 3 nitrogen and oxygen atoms in total. The third-order valence-electron chi connectivity index (χ3n) is 3.76. The van der Waals surface area contributed by atoms with E-state index in [2.05, 4.69) is 28.8 Å². The van der Waals surface area contributed by atoms with Crippen molar-refractivity contribution in [2.24, 2.45) is 5.92 Å². The van der Waals surface area contributed by atoms with Gasteiger partial charge in [0.05, 0.1) is 0 Å². The van der Waals surface area contributed by atoms with E-state index in [-0.39, 0.29) is 24.2 Å². The molecule has 0 unspecified atom stereocenters. The molecule has 23 heavy (non-hydrogen) atoms. The van der Waals surface area contributed by atoms with E-state index < -0.39 is 6.36 Å². The van der Waals surface area contributed by atoms with E-state index in [1.54, 1.807) is 6.07 Å². The molecule has 0 saturated carbocycles. The van der Waals surface area contributed by atoms with Crippen molar-refractivity contribution in [3.05, 3.63) is 29.8 Å². The monoisotopic (exact) mass is 352 g/mol. The van der Waals surface area contributed by atoms with Gasteiger partial charge in [0.2, 0.25) is 0 Å². The number of benzene rings is 1. The maximum atomic E-state index is 12.4. The summed E-state index contributed by atoms with van der Waals surface area (Å²) >= 11 is 0. The zero-order valence-electron chi connectivity index (χ0n) is 13.4. The molecule has 0 aliphatic carbocycles. The van der Waals surface area contributed by atoms with E-state index in [0.29, 0.717) is 5.92 Å². The minimum absolute atomic E-state index is 0. The number of piperazine rings is 1. The van der Waals surface area contributed by atoms with Gasteiger partial charge in [-0.3, -0.25) is 4.90 Å². The lowest BCUT2D eigenvalue weighted by atomic mass is 9.95. The molecule has 0 radical (unpaired) electrons. The fraction of sp³-hybridized carbons (Fsp3) is 0.625. The highest BCUT2D eigenvalue weighted by molar-refractivity contribution is 5.85. The maximum absolute atomic E-state index is 12.4. The molecular weight excluding hydrogens is 329 g/mol. The number of hydrogen-bond donors (Lipinski definition) is 1. The van der Waals surface area contributed by atoms with Gasteiger partial charge in [0.25, 0.3) is 0 Å². The average Bonchev–Trinajstić information content (AvgIpc) is 2.44. The number of rotatable bonds is 5. The van der Waals surface area contributed by atoms with Crippen LogP contribution in [0.3, 0.4) is 0 Å². The quantitative estimate of drug-likeness (QED) is 0.867. The Morgan fingerprint density at radius 2 is 1.87 bits per heavy atom. The molecule has 1 atom stereocenters. The SMILES string of the molecule is CC(C)C[C@@H](c1cccc(OC(F)(F)F)c1)N1CCNCC1.Cl. The summed E-state index contributed by atoms with van der Waals surface area (Å²) in [7, 11) is 0. The first-order valence-electron chi connectivity index (χ1n) is 7.65. The Hall–Kier alpha value is -0.980. The van der Waals surface area contributed by atoms with Crippen LogP contribution in [-0.4, -0.2) is 37.4 Å². The molecule has 2 rings (SSSR count). The Labute approximate surface area is 141 Å². The summed E-state index contributed by atoms with van der Waals surface area (Å²) in [5.74, 6) is 0.320. The molecule has 0 bridgehead atoms. The summed E-state index contributed by atoms with van der Waals surface area (Å²) in [4.78, 5) is 2.34. The van der Waals surface area contributed by atoms with Gasteiger partial charge in [-0.15, -0.1) is 25.6 Å². The van der Waals surface area contributed by atoms with Gasteiger partial charge in [0.1, 0.15) is 5.75 Å². The number of alkyl halides is 3. The fourth-order valence-corrected chi connectivity index (χ4v) is 2.86. The van der Waals surface area contributed by atoms with Gasteiger partial charge in [-0.25, -0.2) is 0 Å². The Bertz CT molecular complexity index is 477.